The fourth-order valence-electron chi connectivity index (χ4n) is 1.95. The van der Waals surface area contributed by atoms with Crippen molar-refractivity contribution in [3.8, 4) is 0 Å². The molecule has 8 nitrogen and oxygen atoms in total. The van der Waals surface area contributed by atoms with Crippen molar-refractivity contribution in [1.82, 2.24) is 0 Å². The lowest BCUT2D eigenvalue weighted by Gasteiger charge is -2.08. The molecule has 0 fully saturated rings. The summed E-state index contributed by atoms with van der Waals surface area (Å²) >= 11 is 0. The summed E-state index contributed by atoms with van der Waals surface area (Å²) in [5.41, 5.74) is 0.781. The fraction of sp³-hybridized carbons (Fsp3) is 0.133. The van der Waals surface area contributed by atoms with Crippen molar-refractivity contribution >= 4 is 27.4 Å². The van der Waals surface area contributed by atoms with Crippen LogP contribution in [-0.4, -0.2) is 24.4 Å². The van der Waals surface area contributed by atoms with E-state index in [1.54, 1.807) is 12.1 Å². The Balaban J connectivity index is 2.12. The number of nitrogens with zero attached hydrogens (tertiary/aromatic N) is 1. The van der Waals surface area contributed by atoms with Gasteiger partial charge in [0.2, 0.25) is 0 Å². The molecule has 0 aliphatic heterocycles. The number of rotatable bonds is 7. The molecular formula is C15H14N2O6S. The largest absolute Gasteiger partial charge is 0.481 e. The molecule has 0 aliphatic carbocycles. The van der Waals surface area contributed by atoms with E-state index in [-0.39, 0.29) is 22.7 Å². The number of sulfonamides is 1. The summed E-state index contributed by atoms with van der Waals surface area (Å²) in [6.45, 7) is 0. The van der Waals surface area contributed by atoms with Crippen LogP contribution < -0.4 is 4.72 Å². The number of carbonyl (C=O) groups is 1. The van der Waals surface area contributed by atoms with E-state index in [1.165, 1.54) is 36.4 Å². The van der Waals surface area contributed by atoms with Gasteiger partial charge >= 0.3 is 5.97 Å². The zero-order chi connectivity index (χ0) is 17.7. The van der Waals surface area contributed by atoms with Crippen molar-refractivity contribution in [2.24, 2.45) is 0 Å². The molecule has 2 aromatic rings. The molecule has 2 N–H and O–H groups in total. The Bertz CT molecular complexity index is 845. The standard InChI is InChI=1S/C15H14N2O6S/c18-15(19)10-3-11-1-8-14(9-2-11)24(22,23)16-12-4-6-13(7-5-12)17(20)21/h1-2,4-9,16H,3,10H2,(H,18,19). The van der Waals surface area contributed by atoms with Crippen LogP contribution in [0.25, 0.3) is 0 Å². The second kappa shape index (κ2) is 7.09. The highest BCUT2D eigenvalue weighted by Crippen LogP contribution is 2.20. The predicted molar refractivity (Wildman–Crippen MR) is 86.3 cm³/mol. The summed E-state index contributed by atoms with van der Waals surface area (Å²) in [5.74, 6) is -0.925. The van der Waals surface area contributed by atoms with Crippen LogP contribution in [0.4, 0.5) is 11.4 Å². The van der Waals surface area contributed by atoms with Gasteiger partial charge in [-0.25, -0.2) is 8.42 Å². The molecule has 0 amide bonds. The van der Waals surface area contributed by atoms with Crippen LogP contribution in [0.15, 0.2) is 53.4 Å². The molecule has 0 heterocycles. The zero-order valence-corrected chi connectivity index (χ0v) is 13.2. The molecule has 0 radical (unpaired) electrons. The van der Waals surface area contributed by atoms with Crippen LogP contribution in [0, 0.1) is 10.1 Å². The number of non-ortho nitro benzene ring substituents is 1. The van der Waals surface area contributed by atoms with E-state index < -0.39 is 20.9 Å². The minimum Gasteiger partial charge on any atom is -0.481 e. The molecule has 24 heavy (non-hydrogen) atoms. The van der Waals surface area contributed by atoms with Crippen LogP contribution in [0.3, 0.4) is 0 Å². The molecule has 0 unspecified atom stereocenters. The minimum atomic E-state index is -3.83. The number of nitrogens with one attached hydrogen (secondary N) is 1. The number of carboxylic acids is 1. The topological polar surface area (TPSA) is 127 Å². The highest BCUT2D eigenvalue weighted by Gasteiger charge is 2.15. The Kier molecular flexibility index (Phi) is 5.14. The monoisotopic (exact) mass is 350 g/mol. The maximum absolute atomic E-state index is 12.3. The third-order valence-electron chi connectivity index (χ3n) is 3.19. The minimum absolute atomic E-state index is 0.0138. The van der Waals surface area contributed by atoms with Gasteiger partial charge in [0.15, 0.2) is 0 Å². The molecule has 9 heteroatoms. The highest BCUT2D eigenvalue weighted by atomic mass is 32.2. The molecule has 0 saturated carbocycles. The molecule has 0 aromatic heterocycles. The van der Waals surface area contributed by atoms with E-state index in [0.717, 1.165) is 0 Å². The van der Waals surface area contributed by atoms with Crippen molar-refractivity contribution < 1.29 is 23.2 Å². The zero-order valence-electron chi connectivity index (χ0n) is 12.4. The first-order valence-corrected chi connectivity index (χ1v) is 8.34. The Hall–Kier alpha value is -2.94. The Labute approximate surface area is 138 Å². The van der Waals surface area contributed by atoms with E-state index in [2.05, 4.69) is 4.72 Å². The molecule has 2 rings (SSSR count). The van der Waals surface area contributed by atoms with Crippen LogP contribution in [0.1, 0.15) is 12.0 Å². The number of nitro groups is 1. The van der Waals surface area contributed by atoms with Gasteiger partial charge in [-0.3, -0.25) is 19.6 Å². The first kappa shape index (κ1) is 17.4. The smallest absolute Gasteiger partial charge is 0.303 e. The van der Waals surface area contributed by atoms with Gasteiger partial charge in [-0.05, 0) is 36.2 Å². The van der Waals surface area contributed by atoms with E-state index in [4.69, 9.17) is 5.11 Å². The van der Waals surface area contributed by atoms with E-state index in [1.807, 2.05) is 0 Å². The molecule has 0 spiro atoms. The van der Waals surface area contributed by atoms with Crippen LogP contribution >= 0.6 is 0 Å². The van der Waals surface area contributed by atoms with Gasteiger partial charge in [-0.15, -0.1) is 0 Å². The van der Waals surface area contributed by atoms with Gasteiger partial charge in [0.05, 0.1) is 9.82 Å². The first-order chi connectivity index (χ1) is 11.3. The molecule has 0 saturated heterocycles. The van der Waals surface area contributed by atoms with E-state index in [9.17, 15) is 23.3 Å². The lowest BCUT2D eigenvalue weighted by molar-refractivity contribution is -0.384. The van der Waals surface area contributed by atoms with E-state index in [0.29, 0.717) is 12.0 Å². The maximum atomic E-state index is 12.3. The van der Waals surface area contributed by atoms with Crippen molar-refractivity contribution in [2.75, 3.05) is 4.72 Å². The lowest BCUT2D eigenvalue weighted by Crippen LogP contribution is -2.13. The molecule has 0 aliphatic rings. The maximum Gasteiger partial charge on any atom is 0.303 e. The van der Waals surface area contributed by atoms with Crippen LogP contribution in [-0.2, 0) is 21.2 Å². The number of aliphatic carboxylic acids is 1. The summed E-state index contributed by atoms with van der Waals surface area (Å²) in [6.07, 6.45) is 0.276. The number of carboxylic acid groups (broad SMARTS) is 1. The summed E-state index contributed by atoms with van der Waals surface area (Å²) in [5, 5.41) is 19.2. The molecule has 0 atom stereocenters. The van der Waals surface area contributed by atoms with Gasteiger partial charge in [-0.1, -0.05) is 12.1 Å². The van der Waals surface area contributed by atoms with Crippen LogP contribution in [0.2, 0.25) is 0 Å². The van der Waals surface area contributed by atoms with Gasteiger partial charge in [0, 0.05) is 24.2 Å². The number of benzene rings is 2. The number of nitro benzene ring substituents is 1. The van der Waals surface area contributed by atoms with Gasteiger partial charge in [0.1, 0.15) is 0 Å². The van der Waals surface area contributed by atoms with E-state index >= 15 is 0 Å². The van der Waals surface area contributed by atoms with Crippen molar-refractivity contribution in [3.63, 3.8) is 0 Å². The van der Waals surface area contributed by atoms with Crippen molar-refractivity contribution in [2.45, 2.75) is 17.7 Å². The number of aryl methyl sites for hydroxylation is 1. The third kappa shape index (κ3) is 4.53. The number of hydrogen-bond acceptors (Lipinski definition) is 5. The normalized spacial score (nSPS) is 11.0. The number of anilines is 1. The lowest BCUT2D eigenvalue weighted by atomic mass is 10.1. The average molecular weight is 350 g/mol. The fourth-order valence-corrected chi connectivity index (χ4v) is 3.01. The molecule has 0 bridgehead atoms. The van der Waals surface area contributed by atoms with Crippen LogP contribution in [0.5, 0.6) is 0 Å². The Morgan fingerprint density at radius 2 is 1.67 bits per heavy atom. The molecule has 126 valence electrons. The Morgan fingerprint density at radius 1 is 1.08 bits per heavy atom. The molecule has 2 aromatic carbocycles. The summed E-state index contributed by atoms with van der Waals surface area (Å²) in [4.78, 5) is 20.5. The first-order valence-electron chi connectivity index (χ1n) is 6.86. The second-order valence-corrected chi connectivity index (χ2v) is 6.63. The van der Waals surface area contributed by atoms with Crippen molar-refractivity contribution in [3.05, 3.63) is 64.2 Å². The summed E-state index contributed by atoms with van der Waals surface area (Å²) < 4.78 is 26.8. The summed E-state index contributed by atoms with van der Waals surface area (Å²) in [6, 6.07) is 10.9. The second-order valence-electron chi connectivity index (χ2n) is 4.95. The highest BCUT2D eigenvalue weighted by molar-refractivity contribution is 7.92. The SMILES string of the molecule is O=C(O)CCc1ccc(S(=O)(=O)Nc2ccc([N+](=O)[O-])cc2)cc1. The molecular weight excluding hydrogens is 336 g/mol. The summed E-state index contributed by atoms with van der Waals surface area (Å²) in [7, 11) is -3.83. The van der Waals surface area contributed by atoms with Gasteiger partial charge in [-0.2, -0.15) is 0 Å². The quantitative estimate of drug-likeness (QED) is 0.583. The van der Waals surface area contributed by atoms with Gasteiger partial charge in [0.25, 0.3) is 15.7 Å². The van der Waals surface area contributed by atoms with Gasteiger partial charge < -0.3 is 5.11 Å². The average Bonchev–Trinajstić information content (AvgIpc) is 2.53. The predicted octanol–water partition coefficient (Wildman–Crippen LogP) is 2.41. The number of hydrogen-bond donors (Lipinski definition) is 2. The van der Waals surface area contributed by atoms with Crippen molar-refractivity contribution in [1.29, 1.82) is 0 Å². The third-order valence-corrected chi connectivity index (χ3v) is 4.59. The Morgan fingerprint density at radius 3 is 2.17 bits per heavy atom.